The summed E-state index contributed by atoms with van der Waals surface area (Å²) in [4.78, 5) is 0. The summed E-state index contributed by atoms with van der Waals surface area (Å²) in [6, 6.07) is 0. The maximum Gasteiger partial charge on any atom is 0.0814 e. The Labute approximate surface area is 91.1 Å². The fraction of sp³-hybridized carbons (Fsp3) is 0. The summed E-state index contributed by atoms with van der Waals surface area (Å²) in [5.74, 6) is 0. The Hall–Kier alpha value is 2.79. The molecule has 0 aromatic heterocycles. The summed E-state index contributed by atoms with van der Waals surface area (Å²) in [6.45, 7) is 0. The van der Waals surface area contributed by atoms with Crippen LogP contribution >= 0.6 is 0 Å². The van der Waals surface area contributed by atoms with Gasteiger partial charge in [0.05, 0.1) is 8.41 Å². The van der Waals surface area contributed by atoms with Crippen LogP contribution in [0.25, 0.3) is 0 Å². The predicted octanol–water partition coefficient (Wildman–Crippen LogP) is -1.19. The molecule has 0 saturated carbocycles. The van der Waals surface area contributed by atoms with Gasteiger partial charge in [0, 0.05) is 84.1 Å². The van der Waals surface area contributed by atoms with Crippen molar-refractivity contribution >= 4 is 8.41 Å². The Kier molecular flexibility index (Phi) is 270. The van der Waals surface area contributed by atoms with Crippen molar-refractivity contribution in [1.82, 2.24) is 0 Å². The Morgan fingerprint density at radius 1 is 1.00 bits per heavy atom. The smallest absolute Gasteiger partial charge is 0 e. The normalized spacial score (nSPS) is 0. The zero-order chi connectivity index (χ0) is 0. The first-order valence-electron chi connectivity index (χ1n) is 0. The van der Waals surface area contributed by atoms with Crippen molar-refractivity contribution in [2.45, 2.75) is 0 Å². The van der Waals surface area contributed by atoms with Crippen LogP contribution in [0.5, 0.6) is 0 Å². The molecule has 0 rings (SSSR count). The van der Waals surface area contributed by atoms with E-state index in [0.29, 0.717) is 0 Å². The molecule has 0 aromatic rings. The van der Waals surface area contributed by atoms with Crippen molar-refractivity contribution < 1.29 is 84.1 Å². The third-order valence-electron chi connectivity index (χ3n) is 0. The molecule has 0 aliphatic heterocycles. The second-order valence-corrected chi connectivity index (χ2v) is 0. The molecule has 0 N–H and O–H groups in total. The van der Waals surface area contributed by atoms with Crippen molar-refractivity contribution in [1.29, 1.82) is 0 Å². The van der Waals surface area contributed by atoms with E-state index in [1.54, 1.807) is 0 Å². The predicted molar refractivity (Wildman–Crippen MR) is 9.94 cm³/mol. The first-order chi connectivity index (χ1) is 0. The fourth-order valence-electron chi connectivity index (χ4n) is 0. The molecule has 0 saturated heterocycles. The quantitative estimate of drug-likeness (QED) is 0.295. The van der Waals surface area contributed by atoms with Gasteiger partial charge in [-0.2, -0.15) is 0 Å². The van der Waals surface area contributed by atoms with E-state index >= 15 is 0 Å². The summed E-state index contributed by atoms with van der Waals surface area (Å²) in [5, 5.41) is 0. The van der Waals surface area contributed by atoms with E-state index in [-0.39, 0.29) is 92.5 Å². The molecule has 5 heteroatoms. The second kappa shape index (κ2) is 29.2. The maximum absolute atomic E-state index is 0. The Bertz CT molecular complexity index is 11.6. The van der Waals surface area contributed by atoms with Crippen molar-refractivity contribution in [3.8, 4) is 0 Å². The monoisotopic (exact) mass is 635 g/mol. The van der Waals surface area contributed by atoms with E-state index in [9.17, 15) is 0 Å². The zero-order valence-corrected chi connectivity index (χ0v) is 11.1. The molecular weight excluding hydrogens is 630 g/mol. The average Bonchev–Trinajstić information content (AvgIpc) is 0. The van der Waals surface area contributed by atoms with Crippen molar-refractivity contribution in [3.63, 3.8) is 0 Å². The van der Waals surface area contributed by atoms with Gasteiger partial charge in [0.15, 0.2) is 0 Å². The molecule has 36 valence electrons. The van der Waals surface area contributed by atoms with Crippen molar-refractivity contribution in [2.75, 3.05) is 0 Å². The average molecular weight is 633 g/mol. The van der Waals surface area contributed by atoms with Gasteiger partial charge >= 0.3 is 0 Å². The Morgan fingerprint density at radius 2 is 1.00 bits per heavy atom. The van der Waals surface area contributed by atoms with E-state index < -0.39 is 0 Å². The number of rotatable bonds is 0. The molecule has 0 heterocycles. The molecule has 0 spiro atoms. The van der Waals surface area contributed by atoms with Gasteiger partial charge in [-0.25, -0.2) is 0 Å². The minimum atomic E-state index is 0. The van der Waals surface area contributed by atoms with Crippen molar-refractivity contribution in [2.24, 2.45) is 0 Å². The molecule has 0 atom stereocenters. The van der Waals surface area contributed by atoms with Crippen LogP contribution in [0.15, 0.2) is 0 Å². The van der Waals surface area contributed by atoms with Gasteiger partial charge in [-0.05, 0) is 0 Å². The molecule has 2 radical (unpaired) electrons. The number of hydrogen-bond acceptors (Lipinski definition) is 0. The van der Waals surface area contributed by atoms with Gasteiger partial charge < -0.3 is 0 Å². The van der Waals surface area contributed by atoms with E-state index in [4.69, 9.17) is 0 Å². The molecule has 0 amide bonds. The van der Waals surface area contributed by atoms with Crippen LogP contribution in [-0.2, 0) is 84.1 Å². The van der Waals surface area contributed by atoms with E-state index in [2.05, 4.69) is 0 Å². The Balaban J connectivity index is 0. The summed E-state index contributed by atoms with van der Waals surface area (Å²) in [5.41, 5.74) is 0. The van der Waals surface area contributed by atoms with Gasteiger partial charge in [0.1, 0.15) is 0 Å². The van der Waals surface area contributed by atoms with E-state index in [1.165, 1.54) is 0 Å². The summed E-state index contributed by atoms with van der Waals surface area (Å²) in [6.07, 6.45) is 0. The van der Waals surface area contributed by atoms with E-state index in [0.717, 1.165) is 0 Å². The summed E-state index contributed by atoms with van der Waals surface area (Å²) >= 11 is 0. The van der Waals surface area contributed by atoms with Crippen LogP contribution in [0.2, 0.25) is 0 Å². The molecule has 0 fully saturated rings. The van der Waals surface area contributed by atoms with E-state index in [1.807, 2.05) is 0 Å². The first-order valence-corrected chi connectivity index (χ1v) is 0. The topological polar surface area (TPSA) is 0 Å². The van der Waals surface area contributed by atoms with Crippen LogP contribution in [0, 0.1) is 0 Å². The van der Waals surface area contributed by atoms with Crippen LogP contribution < -0.4 is 0 Å². The van der Waals surface area contributed by atoms with Crippen molar-refractivity contribution in [3.05, 3.63) is 0 Å². The fourth-order valence-corrected chi connectivity index (χ4v) is 0. The maximum atomic E-state index is 0. The molecule has 0 aliphatic rings. The molecule has 0 aromatic carbocycles. The molecule has 0 unspecified atom stereocenters. The van der Waals surface area contributed by atoms with Crippen LogP contribution in [-0.4, -0.2) is 8.41 Å². The standard InChI is InChI=1S/BH3.Co.Hf.Pt.Re/h1H3;;;;. The zero-order valence-electron chi connectivity index (χ0n) is 1.53. The van der Waals surface area contributed by atoms with Gasteiger partial charge in [-0.1, -0.05) is 0 Å². The number of hydrogen-bond donors (Lipinski definition) is 0. The largest absolute Gasteiger partial charge is 0.0814 e. The SMILES string of the molecule is B.[Co].[Hf].[Pt].[Re]. The first kappa shape index (κ1) is 46.1. The van der Waals surface area contributed by atoms with Crippen LogP contribution in [0.1, 0.15) is 0 Å². The molecule has 0 bridgehead atoms. The molecule has 0 aliphatic carbocycles. The van der Waals surface area contributed by atoms with Crippen LogP contribution in [0.3, 0.4) is 0 Å². The molecular formula is H3BCoHfPtRe. The minimum Gasteiger partial charge on any atom is 0 e. The van der Waals surface area contributed by atoms with Crippen LogP contribution in [0.4, 0.5) is 0 Å². The molecule has 5 heavy (non-hydrogen) atoms. The summed E-state index contributed by atoms with van der Waals surface area (Å²) in [7, 11) is 0. The minimum absolute atomic E-state index is 0. The Morgan fingerprint density at radius 3 is 1.00 bits per heavy atom. The van der Waals surface area contributed by atoms with Gasteiger partial charge in [-0.15, -0.1) is 0 Å². The van der Waals surface area contributed by atoms with Gasteiger partial charge in [0.2, 0.25) is 0 Å². The molecule has 0 nitrogen and oxygen atoms in total. The second-order valence-electron chi connectivity index (χ2n) is 0. The third-order valence-corrected chi connectivity index (χ3v) is 0. The third kappa shape index (κ3) is 20.0. The summed E-state index contributed by atoms with van der Waals surface area (Å²) < 4.78 is 0. The van der Waals surface area contributed by atoms with Gasteiger partial charge in [-0.3, -0.25) is 0 Å². The van der Waals surface area contributed by atoms with Gasteiger partial charge in [0.25, 0.3) is 0 Å².